The molecule has 0 fully saturated rings. The zero-order chi connectivity index (χ0) is 12.6. The van der Waals surface area contributed by atoms with Gasteiger partial charge in [-0.05, 0) is 43.9 Å². The van der Waals surface area contributed by atoms with Crippen LogP contribution in [0.4, 0.5) is 5.69 Å². The first-order chi connectivity index (χ1) is 7.89. The Morgan fingerprint density at radius 3 is 2.76 bits per heavy atom. The number of hydrogen-bond acceptors (Lipinski definition) is 3. The van der Waals surface area contributed by atoms with Gasteiger partial charge in [-0.3, -0.25) is 0 Å². The quantitative estimate of drug-likeness (QED) is 0.821. The van der Waals surface area contributed by atoms with Gasteiger partial charge in [-0.2, -0.15) is 0 Å². The van der Waals surface area contributed by atoms with Gasteiger partial charge in [0.05, 0.1) is 6.10 Å². The molecule has 0 aliphatic carbocycles. The number of hydrogen-bond donors (Lipinski definition) is 2. The lowest BCUT2D eigenvalue weighted by atomic mass is 9.89. The first-order valence-electron chi connectivity index (χ1n) is 6.20. The molecule has 0 saturated heterocycles. The molecule has 94 valence electrons. The van der Waals surface area contributed by atoms with Crippen molar-refractivity contribution in [3.8, 4) is 0 Å². The Morgan fingerprint density at radius 1 is 1.41 bits per heavy atom. The molecule has 0 spiro atoms. The van der Waals surface area contributed by atoms with E-state index in [1.165, 1.54) is 17.7 Å². The van der Waals surface area contributed by atoms with Crippen LogP contribution in [-0.4, -0.2) is 24.2 Å². The molecule has 1 aromatic carbocycles. The van der Waals surface area contributed by atoms with E-state index in [1.54, 1.807) is 0 Å². The molecule has 1 aliphatic rings. The van der Waals surface area contributed by atoms with Crippen molar-refractivity contribution in [3.63, 3.8) is 0 Å². The smallest absolute Gasteiger partial charge is 0.0964 e. The van der Waals surface area contributed by atoms with Crippen LogP contribution in [0.5, 0.6) is 0 Å². The Bertz CT molecular complexity index is 409. The van der Waals surface area contributed by atoms with E-state index < -0.39 is 11.6 Å². The van der Waals surface area contributed by atoms with Gasteiger partial charge in [-0.1, -0.05) is 12.1 Å². The van der Waals surface area contributed by atoms with Crippen molar-refractivity contribution in [1.82, 2.24) is 0 Å². The van der Waals surface area contributed by atoms with E-state index in [0.29, 0.717) is 0 Å². The molecular weight excluding hydrogens is 212 g/mol. The fraction of sp³-hybridized carbons (Fsp3) is 0.571. The second-order valence-corrected chi connectivity index (χ2v) is 5.64. The molecule has 0 aromatic heterocycles. The highest BCUT2D eigenvalue weighted by molar-refractivity contribution is 5.56. The monoisotopic (exact) mass is 234 g/mol. The number of aliphatic hydroxyl groups is 1. The maximum absolute atomic E-state index is 10.2. The molecule has 0 saturated carbocycles. The molecule has 1 atom stereocenters. The largest absolute Gasteiger partial charge is 0.387 e. The van der Waals surface area contributed by atoms with E-state index in [0.717, 1.165) is 18.5 Å². The van der Waals surface area contributed by atoms with Crippen LogP contribution in [0.3, 0.4) is 0 Å². The molecule has 1 aliphatic heterocycles. The minimum atomic E-state index is -0.611. The first-order valence-corrected chi connectivity index (χ1v) is 6.20. The number of fused-ring (bicyclic) bond motifs is 1. The number of nitrogens with zero attached hydrogens (tertiary/aromatic N) is 1. The van der Waals surface area contributed by atoms with Gasteiger partial charge in [0, 0.05) is 24.8 Å². The fourth-order valence-corrected chi connectivity index (χ4v) is 2.40. The lowest BCUT2D eigenvalue weighted by Gasteiger charge is -2.30. The molecule has 3 nitrogen and oxygen atoms in total. The number of rotatable bonds is 2. The molecule has 1 heterocycles. The standard InChI is InChI=1S/C14H22N2O/c1-14(2,15)13(17)11-6-7-12-10(9-11)5-4-8-16(12)3/h6-7,9,13,17H,4-5,8,15H2,1-3H3. The number of anilines is 1. The summed E-state index contributed by atoms with van der Waals surface area (Å²) >= 11 is 0. The van der Waals surface area contributed by atoms with Gasteiger partial charge >= 0.3 is 0 Å². The maximum Gasteiger partial charge on any atom is 0.0964 e. The van der Waals surface area contributed by atoms with E-state index in [2.05, 4.69) is 24.1 Å². The molecule has 17 heavy (non-hydrogen) atoms. The Labute approximate surface area is 103 Å². The fourth-order valence-electron chi connectivity index (χ4n) is 2.40. The topological polar surface area (TPSA) is 49.5 Å². The van der Waals surface area contributed by atoms with Gasteiger partial charge in [0.1, 0.15) is 0 Å². The number of aryl methyl sites for hydroxylation is 1. The van der Waals surface area contributed by atoms with Gasteiger partial charge < -0.3 is 15.7 Å². The lowest BCUT2D eigenvalue weighted by Crippen LogP contribution is -2.39. The molecular formula is C14H22N2O. The van der Waals surface area contributed by atoms with Crippen molar-refractivity contribution in [3.05, 3.63) is 29.3 Å². The van der Waals surface area contributed by atoms with Crippen molar-refractivity contribution in [2.24, 2.45) is 5.73 Å². The third-order valence-electron chi connectivity index (χ3n) is 3.47. The minimum Gasteiger partial charge on any atom is -0.387 e. The number of aliphatic hydroxyl groups excluding tert-OH is 1. The Kier molecular flexibility index (Phi) is 3.15. The van der Waals surface area contributed by atoms with Gasteiger partial charge in [0.15, 0.2) is 0 Å². The summed E-state index contributed by atoms with van der Waals surface area (Å²) in [7, 11) is 2.11. The predicted molar refractivity (Wildman–Crippen MR) is 71.3 cm³/mol. The van der Waals surface area contributed by atoms with Crippen molar-refractivity contribution in [1.29, 1.82) is 0 Å². The summed E-state index contributed by atoms with van der Waals surface area (Å²) in [6.07, 6.45) is 1.65. The third-order valence-corrected chi connectivity index (χ3v) is 3.47. The van der Waals surface area contributed by atoms with E-state index >= 15 is 0 Å². The van der Waals surface area contributed by atoms with Gasteiger partial charge in [0.25, 0.3) is 0 Å². The second-order valence-electron chi connectivity index (χ2n) is 5.64. The molecule has 0 radical (unpaired) electrons. The van der Waals surface area contributed by atoms with Crippen molar-refractivity contribution >= 4 is 5.69 Å². The summed E-state index contributed by atoms with van der Waals surface area (Å²) in [4.78, 5) is 2.27. The predicted octanol–water partition coefficient (Wildman–Crippen LogP) is 1.84. The average molecular weight is 234 g/mol. The Balaban J connectivity index is 2.34. The molecule has 0 amide bonds. The highest BCUT2D eigenvalue weighted by atomic mass is 16.3. The normalized spacial score (nSPS) is 17.8. The zero-order valence-corrected chi connectivity index (χ0v) is 10.9. The zero-order valence-electron chi connectivity index (χ0n) is 10.9. The third kappa shape index (κ3) is 2.45. The van der Waals surface area contributed by atoms with Crippen molar-refractivity contribution in [2.75, 3.05) is 18.5 Å². The molecule has 3 heteroatoms. The van der Waals surface area contributed by atoms with Gasteiger partial charge in [0.2, 0.25) is 0 Å². The summed E-state index contributed by atoms with van der Waals surface area (Å²) in [6, 6.07) is 6.18. The summed E-state index contributed by atoms with van der Waals surface area (Å²) in [5, 5.41) is 10.2. The van der Waals surface area contributed by atoms with E-state index in [9.17, 15) is 5.11 Å². The Hall–Kier alpha value is -1.06. The van der Waals surface area contributed by atoms with Crippen LogP contribution in [-0.2, 0) is 6.42 Å². The van der Waals surface area contributed by atoms with Gasteiger partial charge in [-0.15, -0.1) is 0 Å². The van der Waals surface area contributed by atoms with Crippen LogP contribution in [0.15, 0.2) is 18.2 Å². The number of nitrogens with two attached hydrogens (primary N) is 1. The van der Waals surface area contributed by atoms with Crippen LogP contribution < -0.4 is 10.6 Å². The van der Waals surface area contributed by atoms with Crippen LogP contribution in [0.2, 0.25) is 0 Å². The summed E-state index contributed by atoms with van der Waals surface area (Å²) in [6.45, 7) is 4.81. The lowest BCUT2D eigenvalue weighted by molar-refractivity contribution is 0.104. The van der Waals surface area contributed by atoms with Crippen LogP contribution >= 0.6 is 0 Å². The molecule has 0 bridgehead atoms. The molecule has 1 aromatic rings. The second kappa shape index (κ2) is 4.31. The van der Waals surface area contributed by atoms with Crippen LogP contribution in [0.1, 0.15) is 37.5 Å². The SMILES string of the molecule is CN1CCCc2cc(C(O)C(C)(C)N)ccc21. The highest BCUT2D eigenvalue weighted by Crippen LogP contribution is 2.31. The van der Waals surface area contributed by atoms with Crippen molar-refractivity contribution < 1.29 is 5.11 Å². The summed E-state index contributed by atoms with van der Waals surface area (Å²) < 4.78 is 0. The number of benzene rings is 1. The first kappa shape index (κ1) is 12.4. The van der Waals surface area contributed by atoms with E-state index in [-0.39, 0.29) is 0 Å². The van der Waals surface area contributed by atoms with Crippen LogP contribution in [0, 0.1) is 0 Å². The summed E-state index contributed by atoms with van der Waals surface area (Å²) in [5.74, 6) is 0. The maximum atomic E-state index is 10.2. The highest BCUT2D eigenvalue weighted by Gasteiger charge is 2.25. The Morgan fingerprint density at radius 2 is 2.12 bits per heavy atom. The van der Waals surface area contributed by atoms with E-state index in [1.807, 2.05) is 19.9 Å². The summed E-state index contributed by atoms with van der Waals surface area (Å²) in [5.41, 5.74) is 8.87. The minimum absolute atomic E-state index is 0.602. The van der Waals surface area contributed by atoms with Gasteiger partial charge in [-0.25, -0.2) is 0 Å². The van der Waals surface area contributed by atoms with Crippen LogP contribution in [0.25, 0.3) is 0 Å². The van der Waals surface area contributed by atoms with Crippen molar-refractivity contribution in [2.45, 2.75) is 38.3 Å². The molecule has 2 rings (SSSR count). The molecule has 1 unspecified atom stereocenters. The average Bonchev–Trinajstić information content (AvgIpc) is 2.26. The molecule has 3 N–H and O–H groups in total. The van der Waals surface area contributed by atoms with E-state index in [4.69, 9.17) is 5.73 Å².